The van der Waals surface area contributed by atoms with Gasteiger partial charge in [-0.3, -0.25) is 14.6 Å². The second-order valence-corrected chi connectivity index (χ2v) is 7.02. The minimum Gasteiger partial charge on any atom is -0.462 e. The van der Waals surface area contributed by atoms with Gasteiger partial charge in [0.2, 0.25) is 0 Å². The van der Waals surface area contributed by atoms with Crippen LogP contribution >= 0.6 is 0 Å². The van der Waals surface area contributed by atoms with Gasteiger partial charge in [-0.15, -0.1) is 0 Å². The molecule has 1 heterocycles. The van der Waals surface area contributed by atoms with E-state index in [2.05, 4.69) is 15.6 Å². The van der Waals surface area contributed by atoms with Crippen LogP contribution in [0.5, 0.6) is 0 Å². The number of esters is 1. The lowest BCUT2D eigenvalue weighted by Crippen LogP contribution is -2.36. The molecule has 0 saturated heterocycles. The van der Waals surface area contributed by atoms with Gasteiger partial charge < -0.3 is 15.4 Å². The Kier molecular flexibility index (Phi) is 6.94. The molecule has 7 nitrogen and oxygen atoms in total. The molecule has 7 heteroatoms. The van der Waals surface area contributed by atoms with Gasteiger partial charge in [-0.1, -0.05) is 19.3 Å². The molecule has 29 heavy (non-hydrogen) atoms. The number of pyridine rings is 1. The summed E-state index contributed by atoms with van der Waals surface area (Å²) in [5.74, 6) is -1.00. The van der Waals surface area contributed by atoms with E-state index in [0.717, 1.165) is 25.7 Å². The third kappa shape index (κ3) is 5.63. The molecule has 0 spiro atoms. The number of hydrogen-bond donors (Lipinski definition) is 2. The minimum atomic E-state index is -0.411. The smallest absolute Gasteiger partial charge is 0.338 e. The Labute approximate surface area is 169 Å². The number of carbonyl (C=O) groups is 3. The fourth-order valence-corrected chi connectivity index (χ4v) is 3.31. The van der Waals surface area contributed by atoms with E-state index < -0.39 is 5.97 Å². The third-order valence-corrected chi connectivity index (χ3v) is 4.86. The average molecular weight is 395 g/mol. The Hall–Kier alpha value is -3.22. The van der Waals surface area contributed by atoms with Crippen LogP contribution in [0, 0.1) is 0 Å². The first kappa shape index (κ1) is 20.5. The molecule has 0 bridgehead atoms. The Morgan fingerprint density at radius 2 is 1.62 bits per heavy atom. The fourth-order valence-electron chi connectivity index (χ4n) is 3.31. The van der Waals surface area contributed by atoms with Crippen LogP contribution in [0.4, 0.5) is 5.69 Å². The summed E-state index contributed by atoms with van der Waals surface area (Å²) in [6, 6.07) is 8.13. The highest BCUT2D eigenvalue weighted by molar-refractivity contribution is 6.06. The van der Waals surface area contributed by atoms with Crippen LogP contribution in [-0.2, 0) is 4.74 Å². The first-order valence-electron chi connectivity index (χ1n) is 9.91. The second-order valence-electron chi connectivity index (χ2n) is 7.02. The molecule has 1 aliphatic rings. The highest BCUT2D eigenvalue weighted by Gasteiger charge is 2.18. The topological polar surface area (TPSA) is 97.4 Å². The van der Waals surface area contributed by atoms with E-state index in [-0.39, 0.29) is 23.4 Å². The number of hydrogen-bond acceptors (Lipinski definition) is 5. The van der Waals surface area contributed by atoms with Crippen LogP contribution in [0.1, 0.15) is 70.1 Å². The Bertz CT molecular complexity index is 874. The third-order valence-electron chi connectivity index (χ3n) is 4.86. The molecule has 2 aromatic rings. The van der Waals surface area contributed by atoms with E-state index in [1.165, 1.54) is 24.9 Å². The summed E-state index contributed by atoms with van der Waals surface area (Å²) in [6.07, 6.45) is 8.32. The first-order valence-corrected chi connectivity index (χ1v) is 9.91. The molecule has 1 aromatic carbocycles. The van der Waals surface area contributed by atoms with Crippen molar-refractivity contribution in [3.05, 3.63) is 59.4 Å². The number of aromatic nitrogens is 1. The van der Waals surface area contributed by atoms with E-state index in [9.17, 15) is 14.4 Å². The van der Waals surface area contributed by atoms with Gasteiger partial charge in [-0.05, 0) is 50.1 Å². The van der Waals surface area contributed by atoms with Crippen LogP contribution in [-0.4, -0.2) is 35.4 Å². The summed E-state index contributed by atoms with van der Waals surface area (Å²) >= 11 is 0. The number of amides is 2. The maximum absolute atomic E-state index is 12.5. The second kappa shape index (κ2) is 9.82. The number of benzene rings is 1. The van der Waals surface area contributed by atoms with Crippen LogP contribution in [0.25, 0.3) is 0 Å². The number of nitrogens with zero attached hydrogens (tertiary/aromatic N) is 1. The van der Waals surface area contributed by atoms with Gasteiger partial charge in [-0.2, -0.15) is 0 Å². The van der Waals surface area contributed by atoms with Crippen molar-refractivity contribution in [2.24, 2.45) is 0 Å². The molecule has 1 aliphatic carbocycles. The van der Waals surface area contributed by atoms with Crippen LogP contribution < -0.4 is 10.6 Å². The molecule has 0 atom stereocenters. The molecule has 1 saturated carbocycles. The summed E-state index contributed by atoms with van der Waals surface area (Å²) in [4.78, 5) is 40.7. The van der Waals surface area contributed by atoms with E-state index in [0.29, 0.717) is 23.4 Å². The zero-order valence-electron chi connectivity index (χ0n) is 16.4. The number of rotatable bonds is 6. The van der Waals surface area contributed by atoms with Gasteiger partial charge >= 0.3 is 5.97 Å². The maximum atomic E-state index is 12.5. The molecular formula is C22H25N3O4. The van der Waals surface area contributed by atoms with Gasteiger partial charge in [0.05, 0.1) is 23.3 Å². The summed E-state index contributed by atoms with van der Waals surface area (Å²) < 4.78 is 4.94. The van der Waals surface area contributed by atoms with E-state index >= 15 is 0 Å². The normalized spacial score (nSPS) is 14.1. The molecule has 2 N–H and O–H groups in total. The van der Waals surface area contributed by atoms with Crippen molar-refractivity contribution in [2.75, 3.05) is 11.9 Å². The molecule has 3 rings (SSSR count). The predicted molar refractivity (Wildman–Crippen MR) is 109 cm³/mol. The number of nitrogens with one attached hydrogen (secondary N) is 2. The van der Waals surface area contributed by atoms with Crippen molar-refractivity contribution < 1.29 is 19.1 Å². The maximum Gasteiger partial charge on any atom is 0.338 e. The predicted octanol–water partition coefficient (Wildman–Crippen LogP) is 3.57. The molecular weight excluding hydrogens is 370 g/mol. The van der Waals surface area contributed by atoms with Gasteiger partial charge in [-0.25, -0.2) is 4.79 Å². The molecule has 1 aromatic heterocycles. The molecule has 2 amide bonds. The van der Waals surface area contributed by atoms with Crippen LogP contribution in [0.15, 0.2) is 42.7 Å². The average Bonchev–Trinajstić information content (AvgIpc) is 2.75. The van der Waals surface area contributed by atoms with E-state index in [4.69, 9.17) is 4.74 Å². The minimum absolute atomic E-state index is 0.187. The molecule has 0 radical (unpaired) electrons. The van der Waals surface area contributed by atoms with Gasteiger partial charge in [0.15, 0.2) is 0 Å². The quantitative estimate of drug-likeness (QED) is 0.729. The monoisotopic (exact) mass is 395 g/mol. The van der Waals surface area contributed by atoms with Crippen molar-refractivity contribution >= 4 is 23.5 Å². The van der Waals surface area contributed by atoms with Crippen LogP contribution in [0.3, 0.4) is 0 Å². The van der Waals surface area contributed by atoms with Gasteiger partial charge in [0, 0.05) is 24.1 Å². The summed E-state index contributed by atoms with van der Waals surface area (Å²) in [6.45, 7) is 2.04. The molecule has 1 fully saturated rings. The fraction of sp³-hybridized carbons (Fsp3) is 0.364. The van der Waals surface area contributed by atoms with Crippen molar-refractivity contribution in [1.29, 1.82) is 0 Å². The SMILES string of the molecule is CCOC(=O)c1ccc(NC(=O)c2cncc(C(=O)NC3CCCCC3)c2)cc1. The zero-order chi connectivity index (χ0) is 20.6. The standard InChI is InChI=1S/C22H25N3O4/c1-2-29-22(28)15-8-10-19(11-9-15)25-21(27)17-12-16(13-23-14-17)20(26)24-18-6-4-3-5-7-18/h8-14,18H,2-7H2,1H3,(H,24,26)(H,25,27). The van der Waals surface area contributed by atoms with E-state index in [1.807, 2.05) is 0 Å². The largest absolute Gasteiger partial charge is 0.462 e. The van der Waals surface area contributed by atoms with Crippen molar-refractivity contribution in [1.82, 2.24) is 10.3 Å². The number of ether oxygens (including phenoxy) is 1. The highest BCUT2D eigenvalue weighted by atomic mass is 16.5. The van der Waals surface area contributed by atoms with Gasteiger partial charge in [0.1, 0.15) is 0 Å². The van der Waals surface area contributed by atoms with E-state index in [1.54, 1.807) is 31.2 Å². The lowest BCUT2D eigenvalue weighted by molar-refractivity contribution is 0.0526. The number of anilines is 1. The summed E-state index contributed by atoms with van der Waals surface area (Å²) in [5, 5.41) is 5.76. The molecule has 0 aliphatic heterocycles. The Balaban J connectivity index is 1.63. The first-order chi connectivity index (χ1) is 14.1. The van der Waals surface area contributed by atoms with Crippen LogP contribution in [0.2, 0.25) is 0 Å². The Morgan fingerprint density at radius 3 is 2.28 bits per heavy atom. The van der Waals surface area contributed by atoms with Crippen molar-refractivity contribution in [3.63, 3.8) is 0 Å². The van der Waals surface area contributed by atoms with Gasteiger partial charge in [0.25, 0.3) is 11.8 Å². The lowest BCUT2D eigenvalue weighted by Gasteiger charge is -2.22. The summed E-state index contributed by atoms with van der Waals surface area (Å²) in [5.41, 5.74) is 1.59. The Morgan fingerprint density at radius 1 is 0.966 bits per heavy atom. The summed E-state index contributed by atoms with van der Waals surface area (Å²) in [7, 11) is 0. The highest BCUT2D eigenvalue weighted by Crippen LogP contribution is 2.18. The van der Waals surface area contributed by atoms with Crippen molar-refractivity contribution in [2.45, 2.75) is 45.1 Å². The number of carbonyl (C=O) groups excluding carboxylic acids is 3. The molecule has 152 valence electrons. The zero-order valence-corrected chi connectivity index (χ0v) is 16.4. The van der Waals surface area contributed by atoms with Crippen molar-refractivity contribution in [3.8, 4) is 0 Å². The molecule has 0 unspecified atom stereocenters. The lowest BCUT2D eigenvalue weighted by atomic mass is 9.95.